The summed E-state index contributed by atoms with van der Waals surface area (Å²) >= 11 is 0. The van der Waals surface area contributed by atoms with Crippen LogP contribution in [0.5, 0.6) is 0 Å². The Morgan fingerprint density at radius 2 is 2.14 bits per heavy atom. The first-order valence-electron chi connectivity index (χ1n) is 4.83. The van der Waals surface area contributed by atoms with Gasteiger partial charge in [-0.1, -0.05) is 17.6 Å². The molecule has 0 bridgehead atoms. The summed E-state index contributed by atoms with van der Waals surface area (Å²) in [6.45, 7) is 4.07. The Balaban J connectivity index is 3.03. The molecule has 2 rings (SSSR count). The first kappa shape index (κ1) is 9.07. The van der Waals surface area contributed by atoms with Crippen molar-refractivity contribution in [2.45, 2.75) is 13.8 Å². The number of aromatic amines is 1. The fourth-order valence-electron chi connectivity index (χ4n) is 1.74. The van der Waals surface area contributed by atoms with E-state index in [0.29, 0.717) is 0 Å². The number of hydrogen-bond donors (Lipinski definition) is 1. The maximum atomic E-state index is 4.44. The normalized spacial score (nSPS) is 14.1. The first-order valence-corrected chi connectivity index (χ1v) is 4.83. The Morgan fingerprint density at radius 3 is 2.79 bits per heavy atom. The average Bonchev–Trinajstić information content (AvgIpc) is 2.54. The molecule has 3 heteroatoms. The lowest BCUT2D eigenvalue weighted by Gasteiger charge is -1.90. The summed E-state index contributed by atoms with van der Waals surface area (Å²) in [5.74, 6) is 0. The molecule has 0 spiro atoms. The van der Waals surface area contributed by atoms with Gasteiger partial charge in [0.2, 0.25) is 0 Å². The molecule has 14 heavy (non-hydrogen) atoms. The molecule has 0 aromatic carbocycles. The number of nitrogens with one attached hydrogen (secondary N) is 1. The number of pyridine rings is 1. The summed E-state index contributed by atoms with van der Waals surface area (Å²) in [7, 11) is 2.05. The van der Waals surface area contributed by atoms with Crippen molar-refractivity contribution in [2.24, 2.45) is 0 Å². The molecule has 2 aromatic heterocycles. The van der Waals surface area contributed by atoms with Crippen LogP contribution < -0.4 is 16.0 Å². The van der Waals surface area contributed by atoms with Crippen molar-refractivity contribution in [3.63, 3.8) is 0 Å². The molecule has 0 fully saturated rings. The van der Waals surface area contributed by atoms with Gasteiger partial charge in [0, 0.05) is 16.8 Å². The maximum Gasteiger partial charge on any atom is 0.141 e. The van der Waals surface area contributed by atoms with Crippen molar-refractivity contribution in [1.82, 2.24) is 9.97 Å². The van der Waals surface area contributed by atoms with Crippen LogP contribution in [0.1, 0.15) is 13.8 Å². The Hall–Kier alpha value is -1.51. The predicted molar refractivity (Wildman–Crippen MR) is 63.8 cm³/mol. The second-order valence-corrected chi connectivity index (χ2v) is 3.44. The van der Waals surface area contributed by atoms with E-state index in [1.807, 2.05) is 20.0 Å². The Labute approximate surface area is 83.8 Å². The summed E-state index contributed by atoms with van der Waals surface area (Å²) in [6, 6.07) is 2.13. The standard InChI is InChI=1S/C11H13BN2/c1-3-8-9(4-2)14-10-5-7(12)6-13-11(8)10/h3-6,14H,12H2,1-2H3/b8-3+,9-4+. The Kier molecular flexibility index (Phi) is 2.16. The lowest BCUT2D eigenvalue weighted by Crippen LogP contribution is -2.22. The number of hydrogen-bond acceptors (Lipinski definition) is 1. The SMILES string of the molecule is Bc1cnc2c(=C/C)/c(=C\C)[nH]c2c1. The van der Waals surface area contributed by atoms with E-state index in [1.54, 1.807) is 0 Å². The first-order chi connectivity index (χ1) is 6.76. The summed E-state index contributed by atoms with van der Waals surface area (Å²) in [4.78, 5) is 7.79. The van der Waals surface area contributed by atoms with E-state index in [0.717, 1.165) is 16.4 Å². The van der Waals surface area contributed by atoms with Gasteiger partial charge in [-0.2, -0.15) is 0 Å². The molecule has 0 saturated heterocycles. The van der Waals surface area contributed by atoms with Gasteiger partial charge in [0.1, 0.15) is 7.85 Å². The fourth-order valence-corrected chi connectivity index (χ4v) is 1.74. The summed E-state index contributed by atoms with van der Waals surface area (Å²) < 4.78 is 0. The van der Waals surface area contributed by atoms with Gasteiger partial charge >= 0.3 is 0 Å². The van der Waals surface area contributed by atoms with E-state index in [2.05, 4.69) is 36.0 Å². The zero-order valence-electron chi connectivity index (χ0n) is 8.76. The van der Waals surface area contributed by atoms with Crippen LogP contribution in [-0.2, 0) is 0 Å². The topological polar surface area (TPSA) is 28.7 Å². The van der Waals surface area contributed by atoms with Crippen molar-refractivity contribution >= 4 is 36.5 Å². The largest absolute Gasteiger partial charge is 0.353 e. The molecule has 0 aliphatic carbocycles. The van der Waals surface area contributed by atoms with Crippen LogP contribution in [0.4, 0.5) is 0 Å². The van der Waals surface area contributed by atoms with Gasteiger partial charge in [-0.15, -0.1) is 0 Å². The van der Waals surface area contributed by atoms with Crippen LogP contribution in [0.15, 0.2) is 12.3 Å². The molecule has 70 valence electrons. The number of rotatable bonds is 0. The average molecular weight is 184 g/mol. The minimum atomic E-state index is 1.06. The third kappa shape index (κ3) is 1.25. The number of aromatic nitrogens is 2. The van der Waals surface area contributed by atoms with Gasteiger partial charge in [0.05, 0.1) is 11.0 Å². The fraction of sp³-hybridized carbons (Fsp3) is 0.182. The van der Waals surface area contributed by atoms with Crippen LogP contribution >= 0.6 is 0 Å². The summed E-state index contributed by atoms with van der Waals surface area (Å²) in [5, 5.41) is 2.35. The van der Waals surface area contributed by atoms with Crippen molar-refractivity contribution < 1.29 is 0 Å². The summed E-state index contributed by atoms with van der Waals surface area (Å²) in [6.07, 6.45) is 6.07. The monoisotopic (exact) mass is 184 g/mol. The van der Waals surface area contributed by atoms with Gasteiger partial charge in [0.15, 0.2) is 0 Å². The molecule has 2 heterocycles. The smallest absolute Gasteiger partial charge is 0.141 e. The van der Waals surface area contributed by atoms with E-state index in [4.69, 9.17) is 0 Å². The van der Waals surface area contributed by atoms with E-state index in [1.165, 1.54) is 10.7 Å². The lowest BCUT2D eigenvalue weighted by atomic mass is 9.98. The zero-order valence-corrected chi connectivity index (χ0v) is 8.76. The van der Waals surface area contributed by atoms with Crippen molar-refractivity contribution in [3.05, 3.63) is 22.8 Å². The van der Waals surface area contributed by atoms with Crippen LogP contribution in [-0.4, -0.2) is 17.8 Å². The van der Waals surface area contributed by atoms with Crippen molar-refractivity contribution in [2.75, 3.05) is 0 Å². The van der Waals surface area contributed by atoms with E-state index < -0.39 is 0 Å². The molecule has 2 aromatic rings. The van der Waals surface area contributed by atoms with E-state index in [-0.39, 0.29) is 0 Å². The Bertz CT molecular complexity index is 581. The quantitative estimate of drug-likeness (QED) is 0.545. The molecule has 0 atom stereocenters. The van der Waals surface area contributed by atoms with Crippen LogP contribution in [0.2, 0.25) is 0 Å². The number of H-pyrrole nitrogens is 1. The Morgan fingerprint density at radius 1 is 1.36 bits per heavy atom. The molecular weight excluding hydrogens is 171 g/mol. The highest BCUT2D eigenvalue weighted by Crippen LogP contribution is 1.97. The zero-order chi connectivity index (χ0) is 10.1. The van der Waals surface area contributed by atoms with Gasteiger partial charge in [-0.3, -0.25) is 4.98 Å². The molecule has 2 nitrogen and oxygen atoms in total. The molecular formula is C11H13BN2. The van der Waals surface area contributed by atoms with Crippen molar-refractivity contribution in [1.29, 1.82) is 0 Å². The van der Waals surface area contributed by atoms with Gasteiger partial charge in [0.25, 0.3) is 0 Å². The highest BCUT2D eigenvalue weighted by Gasteiger charge is 1.99. The van der Waals surface area contributed by atoms with E-state index >= 15 is 0 Å². The van der Waals surface area contributed by atoms with Crippen LogP contribution in [0.3, 0.4) is 0 Å². The van der Waals surface area contributed by atoms with Crippen LogP contribution in [0.25, 0.3) is 23.2 Å². The molecule has 0 aliphatic heterocycles. The number of fused-ring (bicyclic) bond motifs is 1. The third-order valence-electron chi connectivity index (χ3n) is 2.42. The summed E-state index contributed by atoms with van der Waals surface area (Å²) in [5.41, 5.74) is 3.36. The van der Waals surface area contributed by atoms with Crippen LogP contribution in [0, 0.1) is 0 Å². The van der Waals surface area contributed by atoms with Gasteiger partial charge < -0.3 is 4.98 Å². The molecule has 0 amide bonds. The molecule has 0 saturated carbocycles. The maximum absolute atomic E-state index is 4.44. The predicted octanol–water partition coefficient (Wildman–Crippen LogP) is -0.578. The molecule has 1 N–H and O–H groups in total. The van der Waals surface area contributed by atoms with E-state index in [9.17, 15) is 0 Å². The molecule has 0 aliphatic rings. The minimum absolute atomic E-state index is 1.06. The van der Waals surface area contributed by atoms with Gasteiger partial charge in [-0.05, 0) is 19.9 Å². The van der Waals surface area contributed by atoms with Gasteiger partial charge in [-0.25, -0.2) is 0 Å². The minimum Gasteiger partial charge on any atom is -0.353 e. The molecule has 0 radical (unpaired) electrons. The lowest BCUT2D eigenvalue weighted by molar-refractivity contribution is 1.35. The third-order valence-corrected chi connectivity index (χ3v) is 2.42. The molecule has 0 unspecified atom stereocenters. The highest BCUT2D eigenvalue weighted by molar-refractivity contribution is 6.32. The second kappa shape index (κ2) is 3.33. The number of nitrogens with zero attached hydrogens (tertiary/aromatic N) is 1. The second-order valence-electron chi connectivity index (χ2n) is 3.44. The highest BCUT2D eigenvalue weighted by atomic mass is 14.8. The van der Waals surface area contributed by atoms with Crippen molar-refractivity contribution in [3.8, 4) is 0 Å².